The Morgan fingerprint density at radius 3 is 2.22 bits per heavy atom. The topological polar surface area (TPSA) is 20.2 Å². The van der Waals surface area contributed by atoms with Crippen molar-refractivity contribution in [3.63, 3.8) is 0 Å². The van der Waals surface area contributed by atoms with Gasteiger partial charge < -0.3 is 5.11 Å². The normalized spacial score (nSPS) is 16.3. The Morgan fingerprint density at radius 2 is 1.72 bits per heavy atom. The van der Waals surface area contributed by atoms with Gasteiger partial charge in [0.2, 0.25) is 0 Å². The molecule has 0 radical (unpaired) electrons. The molecular formula is C16H25ClO. The molecule has 3 atom stereocenters. The number of aliphatic hydroxyl groups is 1. The molecular weight excluding hydrogens is 244 g/mol. The number of benzene rings is 1. The second-order valence-electron chi connectivity index (χ2n) is 5.19. The molecule has 0 aliphatic carbocycles. The summed E-state index contributed by atoms with van der Waals surface area (Å²) in [5.41, 5.74) is 1.33. The summed E-state index contributed by atoms with van der Waals surface area (Å²) in [6, 6.07) is 8.07. The van der Waals surface area contributed by atoms with Crippen LogP contribution in [-0.2, 0) is 6.42 Å². The van der Waals surface area contributed by atoms with Crippen molar-refractivity contribution in [1.29, 1.82) is 0 Å². The first kappa shape index (κ1) is 15.5. The highest BCUT2D eigenvalue weighted by atomic mass is 35.5. The molecule has 2 heteroatoms. The van der Waals surface area contributed by atoms with Crippen LogP contribution in [-0.4, -0.2) is 11.2 Å². The highest BCUT2D eigenvalue weighted by Gasteiger charge is 2.21. The molecule has 0 aromatic heterocycles. The molecule has 0 fully saturated rings. The fourth-order valence-corrected chi connectivity index (χ4v) is 2.74. The van der Waals surface area contributed by atoms with Gasteiger partial charge in [-0.2, -0.15) is 0 Å². The van der Waals surface area contributed by atoms with Gasteiger partial charge in [0.1, 0.15) is 0 Å². The largest absolute Gasteiger partial charge is 0.393 e. The standard InChI is InChI=1S/C16H25ClO/c1-4-15(16(18)5-2)12(3)6-7-13-8-10-14(17)11-9-13/h8-12,15-16,18H,4-7H2,1-3H3. The lowest BCUT2D eigenvalue weighted by Gasteiger charge is -2.27. The van der Waals surface area contributed by atoms with Crippen LogP contribution >= 0.6 is 11.6 Å². The van der Waals surface area contributed by atoms with E-state index >= 15 is 0 Å². The third-order valence-corrected chi connectivity index (χ3v) is 4.17. The first-order chi connectivity index (χ1) is 8.58. The highest BCUT2D eigenvalue weighted by molar-refractivity contribution is 6.30. The second-order valence-corrected chi connectivity index (χ2v) is 5.63. The molecule has 1 rings (SSSR count). The fourth-order valence-electron chi connectivity index (χ4n) is 2.62. The summed E-state index contributed by atoms with van der Waals surface area (Å²) in [5, 5.41) is 10.8. The van der Waals surface area contributed by atoms with Crippen LogP contribution in [0.1, 0.15) is 45.6 Å². The quantitative estimate of drug-likeness (QED) is 0.760. The number of hydrogen-bond acceptors (Lipinski definition) is 1. The van der Waals surface area contributed by atoms with Gasteiger partial charge in [0.05, 0.1) is 6.10 Å². The van der Waals surface area contributed by atoms with Crippen molar-refractivity contribution in [2.24, 2.45) is 11.8 Å². The number of hydrogen-bond donors (Lipinski definition) is 1. The maximum absolute atomic E-state index is 10.0. The Kier molecular flexibility index (Phi) is 6.73. The van der Waals surface area contributed by atoms with E-state index in [1.807, 2.05) is 12.1 Å². The van der Waals surface area contributed by atoms with Crippen LogP contribution in [0.4, 0.5) is 0 Å². The zero-order valence-corrected chi connectivity index (χ0v) is 12.5. The van der Waals surface area contributed by atoms with Crippen LogP contribution < -0.4 is 0 Å². The molecule has 3 unspecified atom stereocenters. The van der Waals surface area contributed by atoms with Gasteiger partial charge in [-0.25, -0.2) is 0 Å². The van der Waals surface area contributed by atoms with Crippen molar-refractivity contribution in [2.75, 3.05) is 0 Å². The average molecular weight is 269 g/mol. The summed E-state index contributed by atoms with van der Waals surface area (Å²) in [6.45, 7) is 6.48. The van der Waals surface area contributed by atoms with Crippen molar-refractivity contribution >= 4 is 11.6 Å². The molecule has 1 nitrogen and oxygen atoms in total. The smallest absolute Gasteiger partial charge is 0.0568 e. The number of halogens is 1. The van der Waals surface area contributed by atoms with E-state index in [2.05, 4.69) is 32.9 Å². The van der Waals surface area contributed by atoms with Gasteiger partial charge in [-0.3, -0.25) is 0 Å². The van der Waals surface area contributed by atoms with E-state index in [1.165, 1.54) is 5.56 Å². The Morgan fingerprint density at radius 1 is 1.11 bits per heavy atom. The minimum atomic E-state index is -0.157. The van der Waals surface area contributed by atoms with Gasteiger partial charge >= 0.3 is 0 Å². The minimum absolute atomic E-state index is 0.157. The van der Waals surface area contributed by atoms with Gasteiger partial charge in [0, 0.05) is 5.02 Å². The van der Waals surface area contributed by atoms with Gasteiger partial charge in [-0.1, -0.05) is 50.9 Å². The van der Waals surface area contributed by atoms with E-state index in [4.69, 9.17) is 11.6 Å². The lowest BCUT2D eigenvalue weighted by Crippen LogP contribution is -2.25. The molecule has 0 aliphatic rings. The van der Waals surface area contributed by atoms with Crippen molar-refractivity contribution in [1.82, 2.24) is 0 Å². The summed E-state index contributed by atoms with van der Waals surface area (Å²) < 4.78 is 0. The Balaban J connectivity index is 2.48. The van der Waals surface area contributed by atoms with Crippen LogP contribution in [0.25, 0.3) is 0 Å². The Hall–Kier alpha value is -0.530. The van der Waals surface area contributed by atoms with Crippen LogP contribution in [0.5, 0.6) is 0 Å². The monoisotopic (exact) mass is 268 g/mol. The van der Waals surface area contributed by atoms with Gasteiger partial charge in [0.15, 0.2) is 0 Å². The van der Waals surface area contributed by atoms with Crippen LogP contribution in [0, 0.1) is 11.8 Å². The summed E-state index contributed by atoms with van der Waals surface area (Å²) in [4.78, 5) is 0. The summed E-state index contributed by atoms with van der Waals surface area (Å²) >= 11 is 5.87. The molecule has 0 aliphatic heterocycles. The zero-order valence-electron chi connectivity index (χ0n) is 11.7. The van der Waals surface area contributed by atoms with E-state index in [0.29, 0.717) is 11.8 Å². The molecule has 0 bridgehead atoms. The molecule has 0 heterocycles. The zero-order chi connectivity index (χ0) is 13.5. The Labute approximate surface area is 116 Å². The van der Waals surface area contributed by atoms with E-state index in [-0.39, 0.29) is 6.10 Å². The molecule has 1 N–H and O–H groups in total. The van der Waals surface area contributed by atoms with Gasteiger partial charge in [-0.15, -0.1) is 0 Å². The second kappa shape index (κ2) is 7.81. The predicted molar refractivity (Wildman–Crippen MR) is 79.0 cm³/mol. The van der Waals surface area contributed by atoms with Gasteiger partial charge in [-0.05, 0) is 48.8 Å². The maximum Gasteiger partial charge on any atom is 0.0568 e. The van der Waals surface area contributed by atoms with Crippen molar-refractivity contribution in [3.05, 3.63) is 34.9 Å². The molecule has 18 heavy (non-hydrogen) atoms. The summed E-state index contributed by atoms with van der Waals surface area (Å²) in [6.07, 6.45) is 3.93. The third kappa shape index (κ3) is 4.62. The molecule has 0 saturated heterocycles. The van der Waals surface area contributed by atoms with Crippen molar-refractivity contribution < 1.29 is 5.11 Å². The number of rotatable bonds is 7. The van der Waals surface area contributed by atoms with Crippen LogP contribution in [0.2, 0.25) is 5.02 Å². The highest BCUT2D eigenvalue weighted by Crippen LogP contribution is 2.26. The molecule has 0 saturated carbocycles. The molecule has 0 spiro atoms. The van der Waals surface area contributed by atoms with Crippen molar-refractivity contribution in [3.8, 4) is 0 Å². The average Bonchev–Trinajstić information content (AvgIpc) is 2.38. The number of aryl methyl sites for hydroxylation is 1. The van der Waals surface area contributed by atoms with Crippen LogP contribution in [0.3, 0.4) is 0 Å². The van der Waals surface area contributed by atoms with Crippen molar-refractivity contribution in [2.45, 2.75) is 52.6 Å². The fraction of sp³-hybridized carbons (Fsp3) is 0.625. The molecule has 102 valence electrons. The first-order valence-corrected chi connectivity index (χ1v) is 7.38. The summed E-state index contributed by atoms with van der Waals surface area (Å²) in [7, 11) is 0. The van der Waals surface area contributed by atoms with E-state index < -0.39 is 0 Å². The van der Waals surface area contributed by atoms with E-state index in [1.54, 1.807) is 0 Å². The molecule has 1 aromatic rings. The van der Waals surface area contributed by atoms with Crippen LogP contribution in [0.15, 0.2) is 24.3 Å². The molecule has 1 aromatic carbocycles. The molecule has 0 amide bonds. The third-order valence-electron chi connectivity index (χ3n) is 3.92. The minimum Gasteiger partial charge on any atom is -0.393 e. The van der Waals surface area contributed by atoms with E-state index in [9.17, 15) is 5.11 Å². The van der Waals surface area contributed by atoms with Gasteiger partial charge in [0.25, 0.3) is 0 Å². The summed E-state index contributed by atoms with van der Waals surface area (Å²) in [5.74, 6) is 0.975. The van der Waals surface area contributed by atoms with E-state index in [0.717, 1.165) is 30.7 Å². The predicted octanol–water partition coefficient (Wildman–Crippen LogP) is 4.71. The Bertz CT molecular complexity index is 333. The SMILES string of the molecule is CCC(O)C(CC)C(C)CCc1ccc(Cl)cc1. The first-order valence-electron chi connectivity index (χ1n) is 7.01. The number of aliphatic hydroxyl groups excluding tert-OH is 1. The lowest BCUT2D eigenvalue weighted by molar-refractivity contribution is 0.0684. The maximum atomic E-state index is 10.0. The lowest BCUT2D eigenvalue weighted by atomic mass is 9.82.